The smallest absolute Gasteiger partial charge is 0.0555 e. The van der Waals surface area contributed by atoms with E-state index in [4.69, 9.17) is 10.8 Å². The molecule has 0 unspecified atom stereocenters. The summed E-state index contributed by atoms with van der Waals surface area (Å²) in [7, 11) is 0. The second-order valence-electron chi connectivity index (χ2n) is 4.26. The summed E-state index contributed by atoms with van der Waals surface area (Å²) in [6, 6.07) is 0. The second-order valence-corrected chi connectivity index (χ2v) is 4.26. The van der Waals surface area contributed by atoms with Gasteiger partial charge in [-0.1, -0.05) is 0 Å². The predicted molar refractivity (Wildman–Crippen MR) is 80.5 cm³/mol. The first-order chi connectivity index (χ1) is 9.41. The Morgan fingerprint density at radius 3 is 1.16 bits per heavy atom. The van der Waals surface area contributed by atoms with E-state index in [-0.39, 0.29) is 6.61 Å². The van der Waals surface area contributed by atoms with Crippen LogP contribution in [0.2, 0.25) is 0 Å². The van der Waals surface area contributed by atoms with Crippen LogP contribution in [0.5, 0.6) is 0 Å². The molecule has 7 nitrogen and oxygen atoms in total. The molecule has 0 aromatic heterocycles. The number of rotatable bonds is 16. The van der Waals surface area contributed by atoms with Crippen LogP contribution in [0.3, 0.4) is 0 Å². The van der Waals surface area contributed by atoms with Gasteiger partial charge in [-0.3, -0.25) is 0 Å². The van der Waals surface area contributed by atoms with Crippen LogP contribution in [0.1, 0.15) is 0 Å². The number of hydrogen-bond acceptors (Lipinski definition) is 7. The molecular formula is C12H32N6O. The van der Waals surface area contributed by atoms with Gasteiger partial charge in [0.1, 0.15) is 0 Å². The molecule has 0 saturated carbocycles. The zero-order valence-electron chi connectivity index (χ0n) is 12.0. The largest absolute Gasteiger partial charge is 0.395 e. The quantitative estimate of drug-likeness (QED) is 0.150. The third-order valence-corrected chi connectivity index (χ3v) is 2.52. The zero-order valence-corrected chi connectivity index (χ0v) is 12.0. The lowest BCUT2D eigenvalue weighted by molar-refractivity contribution is 0.292. The van der Waals surface area contributed by atoms with Gasteiger partial charge in [0.2, 0.25) is 0 Å². The zero-order chi connectivity index (χ0) is 14.0. The predicted octanol–water partition coefficient (Wildman–Crippen LogP) is -3.11. The van der Waals surface area contributed by atoms with Gasteiger partial charge in [-0.15, -0.1) is 0 Å². The highest BCUT2D eigenvalue weighted by atomic mass is 16.3. The molecule has 7 heteroatoms. The summed E-state index contributed by atoms with van der Waals surface area (Å²) in [5.74, 6) is 0. The Morgan fingerprint density at radius 2 is 0.842 bits per heavy atom. The van der Waals surface area contributed by atoms with Crippen LogP contribution in [-0.2, 0) is 0 Å². The van der Waals surface area contributed by atoms with Gasteiger partial charge in [-0.2, -0.15) is 0 Å². The summed E-state index contributed by atoms with van der Waals surface area (Å²) in [5.41, 5.74) is 5.37. The van der Waals surface area contributed by atoms with Gasteiger partial charge in [0.25, 0.3) is 0 Å². The number of hydrogen-bond donors (Lipinski definition) is 7. The molecule has 0 saturated heterocycles. The van der Waals surface area contributed by atoms with Crippen molar-refractivity contribution in [1.29, 1.82) is 0 Å². The van der Waals surface area contributed by atoms with Gasteiger partial charge in [0.05, 0.1) is 6.61 Å². The first-order valence-corrected chi connectivity index (χ1v) is 7.26. The standard InChI is InChI=1S/C12H32N6O/c13-1-2-14-3-4-15-5-6-16-7-8-17-9-10-18-11-12-19/h14-19H,1-13H2. The molecule has 0 bridgehead atoms. The lowest BCUT2D eigenvalue weighted by atomic mass is 10.5. The van der Waals surface area contributed by atoms with E-state index < -0.39 is 0 Å². The minimum atomic E-state index is 0.205. The number of aliphatic hydroxyl groups is 1. The van der Waals surface area contributed by atoms with E-state index in [1.54, 1.807) is 0 Å². The summed E-state index contributed by atoms with van der Waals surface area (Å²) < 4.78 is 0. The molecule has 0 aliphatic rings. The maximum Gasteiger partial charge on any atom is 0.0555 e. The van der Waals surface area contributed by atoms with Gasteiger partial charge in [-0.25, -0.2) is 0 Å². The molecule has 0 aromatic rings. The molecule has 0 aromatic carbocycles. The molecule has 0 fully saturated rings. The molecular weight excluding hydrogens is 244 g/mol. The van der Waals surface area contributed by atoms with E-state index in [1.165, 1.54) is 0 Å². The normalized spacial score (nSPS) is 11.1. The fourth-order valence-electron chi connectivity index (χ4n) is 1.51. The van der Waals surface area contributed by atoms with Crippen LogP contribution in [0.15, 0.2) is 0 Å². The molecule has 116 valence electrons. The molecule has 0 rings (SSSR count). The third-order valence-electron chi connectivity index (χ3n) is 2.52. The Morgan fingerprint density at radius 1 is 0.526 bits per heavy atom. The van der Waals surface area contributed by atoms with Crippen molar-refractivity contribution in [3.05, 3.63) is 0 Å². The van der Waals surface area contributed by atoms with Gasteiger partial charge in [0.15, 0.2) is 0 Å². The van der Waals surface area contributed by atoms with E-state index in [1.807, 2.05) is 0 Å². The van der Waals surface area contributed by atoms with Crippen molar-refractivity contribution in [2.75, 3.05) is 78.6 Å². The Balaban J connectivity index is 2.88. The van der Waals surface area contributed by atoms with Crippen molar-refractivity contribution in [3.8, 4) is 0 Å². The highest BCUT2D eigenvalue weighted by Crippen LogP contribution is 1.64. The Kier molecular flexibility index (Phi) is 17.5. The fourth-order valence-corrected chi connectivity index (χ4v) is 1.51. The SMILES string of the molecule is NCCNCCNCCNCCNCCNCCO. The second kappa shape index (κ2) is 17.7. The van der Waals surface area contributed by atoms with Crippen LogP contribution in [-0.4, -0.2) is 83.7 Å². The van der Waals surface area contributed by atoms with Crippen molar-refractivity contribution in [2.24, 2.45) is 5.73 Å². The fraction of sp³-hybridized carbons (Fsp3) is 1.00. The summed E-state index contributed by atoms with van der Waals surface area (Å²) in [5, 5.41) is 24.9. The first kappa shape index (κ1) is 18.7. The van der Waals surface area contributed by atoms with Crippen molar-refractivity contribution in [2.45, 2.75) is 0 Å². The number of nitrogens with two attached hydrogens (primary N) is 1. The molecule has 0 radical (unpaired) electrons. The Labute approximate surface area is 117 Å². The Hall–Kier alpha value is -0.280. The highest BCUT2D eigenvalue weighted by molar-refractivity contribution is 4.57. The van der Waals surface area contributed by atoms with Crippen LogP contribution in [0.4, 0.5) is 0 Å². The highest BCUT2D eigenvalue weighted by Gasteiger charge is 1.90. The maximum atomic E-state index is 8.56. The average Bonchev–Trinajstić information content (AvgIpc) is 2.43. The van der Waals surface area contributed by atoms with E-state index in [0.29, 0.717) is 13.1 Å². The van der Waals surface area contributed by atoms with E-state index in [2.05, 4.69) is 26.6 Å². The van der Waals surface area contributed by atoms with Gasteiger partial charge < -0.3 is 37.4 Å². The maximum absolute atomic E-state index is 8.56. The summed E-state index contributed by atoms with van der Waals surface area (Å²) in [6.07, 6.45) is 0. The van der Waals surface area contributed by atoms with Gasteiger partial charge >= 0.3 is 0 Å². The van der Waals surface area contributed by atoms with E-state index >= 15 is 0 Å². The van der Waals surface area contributed by atoms with E-state index in [9.17, 15) is 0 Å². The van der Waals surface area contributed by atoms with Gasteiger partial charge in [-0.05, 0) is 0 Å². The third kappa shape index (κ3) is 17.7. The molecule has 0 aliphatic carbocycles. The molecule has 0 atom stereocenters. The van der Waals surface area contributed by atoms with Crippen LogP contribution >= 0.6 is 0 Å². The molecule has 8 N–H and O–H groups in total. The number of nitrogens with one attached hydrogen (secondary N) is 5. The molecule has 19 heavy (non-hydrogen) atoms. The minimum absolute atomic E-state index is 0.205. The van der Waals surface area contributed by atoms with Crippen LogP contribution in [0, 0.1) is 0 Å². The Bertz CT molecular complexity index is 145. The average molecular weight is 276 g/mol. The van der Waals surface area contributed by atoms with Crippen LogP contribution < -0.4 is 32.3 Å². The van der Waals surface area contributed by atoms with E-state index in [0.717, 1.165) is 58.9 Å². The summed E-state index contributed by atoms with van der Waals surface area (Å²) in [4.78, 5) is 0. The van der Waals surface area contributed by atoms with Crippen LogP contribution in [0.25, 0.3) is 0 Å². The topological polar surface area (TPSA) is 106 Å². The van der Waals surface area contributed by atoms with Crippen molar-refractivity contribution >= 4 is 0 Å². The monoisotopic (exact) mass is 276 g/mol. The molecule has 0 amide bonds. The van der Waals surface area contributed by atoms with Crippen molar-refractivity contribution < 1.29 is 5.11 Å². The van der Waals surface area contributed by atoms with Crippen molar-refractivity contribution in [3.63, 3.8) is 0 Å². The summed E-state index contributed by atoms with van der Waals surface area (Å²) in [6.45, 7) is 10.2. The summed E-state index contributed by atoms with van der Waals surface area (Å²) >= 11 is 0. The number of aliphatic hydroxyl groups excluding tert-OH is 1. The molecule has 0 aliphatic heterocycles. The minimum Gasteiger partial charge on any atom is -0.395 e. The lowest BCUT2D eigenvalue weighted by Gasteiger charge is -2.08. The molecule has 0 heterocycles. The van der Waals surface area contributed by atoms with Gasteiger partial charge in [0, 0.05) is 72.0 Å². The van der Waals surface area contributed by atoms with Crippen molar-refractivity contribution in [1.82, 2.24) is 26.6 Å². The lowest BCUT2D eigenvalue weighted by Crippen LogP contribution is -2.37. The first-order valence-electron chi connectivity index (χ1n) is 7.26. The molecule has 0 spiro atoms.